The van der Waals surface area contributed by atoms with Gasteiger partial charge in [0, 0.05) is 0 Å². The van der Waals surface area contributed by atoms with Gasteiger partial charge in [0.2, 0.25) is 5.85 Å². The molecule has 3 nitrogen and oxygen atoms in total. The Morgan fingerprint density at radius 1 is 1.75 bits per heavy atom. The molecule has 0 atom stereocenters. The maximum absolute atomic E-state index is 5.31. The molecule has 0 aliphatic carbocycles. The highest BCUT2D eigenvalue weighted by Gasteiger charge is 2.18. The van der Waals surface area contributed by atoms with Crippen LogP contribution < -0.4 is 11.5 Å². The third kappa shape index (κ3) is 2.08. The van der Waals surface area contributed by atoms with Crippen molar-refractivity contribution in [3.63, 3.8) is 0 Å². The molecule has 0 radical (unpaired) electrons. The highest BCUT2D eigenvalue weighted by molar-refractivity contribution is 14.1. The average Bonchev–Trinajstić information content (AvgIpc) is 1.67. The zero-order chi connectivity index (χ0) is 6.78. The van der Waals surface area contributed by atoms with Crippen LogP contribution in [0.4, 0.5) is 0 Å². The van der Waals surface area contributed by atoms with Crippen LogP contribution >= 0.6 is 23.0 Å². The topological polar surface area (TPSA) is 61.3 Å². The summed E-state index contributed by atoms with van der Waals surface area (Å²) in [5, 5.41) is 0. The van der Waals surface area contributed by atoms with Gasteiger partial charge in [-0.25, -0.2) is 0 Å². The molecule has 0 saturated carbocycles. The minimum atomic E-state index is -1.17. The predicted molar refractivity (Wildman–Crippen MR) is 41.0 cm³/mol. The zero-order valence-electron chi connectivity index (χ0n) is 4.65. The first-order chi connectivity index (χ1) is 3.50. The standard InChI is InChI=1S/C4H9IN2O/c1-3(2)4(6,7)8-5/h1,6-7H2,2H3. The van der Waals surface area contributed by atoms with Gasteiger partial charge >= 0.3 is 0 Å². The van der Waals surface area contributed by atoms with Crippen molar-refractivity contribution in [1.82, 2.24) is 0 Å². The summed E-state index contributed by atoms with van der Waals surface area (Å²) in [6.07, 6.45) is 0. The van der Waals surface area contributed by atoms with E-state index in [1.54, 1.807) is 29.9 Å². The molecule has 0 unspecified atom stereocenters. The van der Waals surface area contributed by atoms with E-state index in [4.69, 9.17) is 11.5 Å². The Morgan fingerprint density at radius 3 is 2.12 bits per heavy atom. The minimum Gasteiger partial charge on any atom is -0.286 e. The summed E-state index contributed by atoms with van der Waals surface area (Å²) in [5.41, 5.74) is 11.2. The van der Waals surface area contributed by atoms with Crippen molar-refractivity contribution >= 4 is 23.0 Å². The Balaban J connectivity index is 3.91. The van der Waals surface area contributed by atoms with Gasteiger partial charge in [-0.2, -0.15) is 0 Å². The Morgan fingerprint density at radius 2 is 2.12 bits per heavy atom. The van der Waals surface area contributed by atoms with Crippen LogP contribution in [0.25, 0.3) is 0 Å². The quantitative estimate of drug-likeness (QED) is 0.411. The molecule has 0 heterocycles. The van der Waals surface area contributed by atoms with Crippen LogP contribution in [0.3, 0.4) is 0 Å². The summed E-state index contributed by atoms with van der Waals surface area (Å²) in [4.78, 5) is 0. The van der Waals surface area contributed by atoms with E-state index in [-0.39, 0.29) is 0 Å². The average molecular weight is 228 g/mol. The highest BCUT2D eigenvalue weighted by Crippen LogP contribution is 2.08. The number of hydrogen-bond donors (Lipinski definition) is 2. The van der Waals surface area contributed by atoms with Gasteiger partial charge in [0.15, 0.2) is 0 Å². The molecule has 4 N–H and O–H groups in total. The highest BCUT2D eigenvalue weighted by atomic mass is 127. The van der Waals surface area contributed by atoms with Crippen LogP contribution in [-0.4, -0.2) is 5.85 Å². The molecule has 0 rings (SSSR count). The van der Waals surface area contributed by atoms with Crippen LogP contribution in [0.2, 0.25) is 0 Å². The fraction of sp³-hybridized carbons (Fsp3) is 0.500. The predicted octanol–water partition coefficient (Wildman–Crippen LogP) is 0.500. The first-order valence-corrected chi connectivity index (χ1v) is 2.92. The fourth-order valence-corrected chi connectivity index (χ4v) is 0.442. The molecule has 0 aromatic rings. The van der Waals surface area contributed by atoms with E-state index < -0.39 is 5.85 Å². The minimum absolute atomic E-state index is 0.604. The number of halogens is 1. The van der Waals surface area contributed by atoms with Crippen molar-refractivity contribution < 1.29 is 3.07 Å². The van der Waals surface area contributed by atoms with Gasteiger partial charge in [-0.15, -0.1) is 0 Å². The molecule has 4 heteroatoms. The molecule has 0 aromatic heterocycles. The largest absolute Gasteiger partial charge is 0.286 e. The van der Waals surface area contributed by atoms with Crippen LogP contribution in [0, 0.1) is 0 Å². The van der Waals surface area contributed by atoms with E-state index in [9.17, 15) is 0 Å². The smallest absolute Gasteiger partial charge is 0.203 e. The second-order valence-electron chi connectivity index (χ2n) is 1.65. The summed E-state index contributed by atoms with van der Waals surface area (Å²) in [6, 6.07) is 0. The molecule has 0 fully saturated rings. The molecule has 8 heavy (non-hydrogen) atoms. The van der Waals surface area contributed by atoms with E-state index in [0.717, 1.165) is 0 Å². The van der Waals surface area contributed by atoms with E-state index in [2.05, 4.69) is 9.65 Å². The van der Waals surface area contributed by atoms with Gasteiger partial charge in [-0.1, -0.05) is 6.58 Å². The van der Waals surface area contributed by atoms with Crippen LogP contribution in [0.5, 0.6) is 0 Å². The van der Waals surface area contributed by atoms with Crippen molar-refractivity contribution in [3.8, 4) is 0 Å². The Bertz CT molecular complexity index is 102. The second-order valence-corrected chi connectivity index (χ2v) is 2.09. The van der Waals surface area contributed by atoms with Crippen molar-refractivity contribution in [2.75, 3.05) is 0 Å². The van der Waals surface area contributed by atoms with E-state index >= 15 is 0 Å². The summed E-state index contributed by atoms with van der Waals surface area (Å²) in [5.74, 6) is -1.17. The Kier molecular flexibility index (Phi) is 2.89. The Labute approximate surface area is 62.8 Å². The van der Waals surface area contributed by atoms with Crippen molar-refractivity contribution in [2.24, 2.45) is 11.5 Å². The lowest BCUT2D eigenvalue weighted by Gasteiger charge is -2.19. The number of hydrogen-bond acceptors (Lipinski definition) is 3. The molecule has 0 amide bonds. The lowest BCUT2D eigenvalue weighted by molar-refractivity contribution is 0.190. The molecule has 0 aromatic carbocycles. The second kappa shape index (κ2) is 2.77. The van der Waals surface area contributed by atoms with Gasteiger partial charge in [0.1, 0.15) is 23.0 Å². The summed E-state index contributed by atoms with van der Waals surface area (Å²) >= 11 is 1.63. The number of nitrogens with two attached hydrogens (primary N) is 2. The van der Waals surface area contributed by atoms with E-state index in [1.165, 1.54) is 0 Å². The molecule has 48 valence electrons. The third-order valence-corrected chi connectivity index (χ3v) is 1.52. The molecule has 0 aliphatic heterocycles. The van der Waals surface area contributed by atoms with E-state index in [1.807, 2.05) is 0 Å². The van der Waals surface area contributed by atoms with Gasteiger partial charge < -0.3 is 0 Å². The first kappa shape index (κ1) is 8.35. The van der Waals surface area contributed by atoms with E-state index in [0.29, 0.717) is 5.57 Å². The van der Waals surface area contributed by atoms with Gasteiger partial charge in [0.05, 0.1) is 0 Å². The molecular weight excluding hydrogens is 219 g/mol. The van der Waals surface area contributed by atoms with Crippen molar-refractivity contribution in [1.29, 1.82) is 0 Å². The summed E-state index contributed by atoms with van der Waals surface area (Å²) in [7, 11) is 0. The third-order valence-electron chi connectivity index (χ3n) is 0.795. The SMILES string of the molecule is C=C(C)C(N)(N)OI. The molecular formula is C4H9IN2O. The summed E-state index contributed by atoms with van der Waals surface area (Å²) in [6.45, 7) is 5.22. The van der Waals surface area contributed by atoms with Crippen molar-refractivity contribution in [2.45, 2.75) is 12.8 Å². The molecule has 0 spiro atoms. The van der Waals surface area contributed by atoms with Gasteiger partial charge in [0.25, 0.3) is 0 Å². The number of rotatable bonds is 2. The summed E-state index contributed by atoms with van der Waals surface area (Å²) < 4.78 is 4.63. The van der Waals surface area contributed by atoms with Gasteiger partial charge in [-0.3, -0.25) is 14.5 Å². The fourth-order valence-electron chi connectivity index (χ4n) is 0.0659. The first-order valence-electron chi connectivity index (χ1n) is 2.04. The molecule has 0 aliphatic rings. The lowest BCUT2D eigenvalue weighted by Crippen LogP contribution is -2.50. The zero-order valence-corrected chi connectivity index (χ0v) is 6.81. The maximum Gasteiger partial charge on any atom is 0.203 e. The molecule has 0 bridgehead atoms. The lowest BCUT2D eigenvalue weighted by atomic mass is 10.2. The monoisotopic (exact) mass is 228 g/mol. The molecule has 0 saturated heterocycles. The van der Waals surface area contributed by atoms with Crippen LogP contribution in [-0.2, 0) is 3.07 Å². The van der Waals surface area contributed by atoms with Crippen LogP contribution in [0.15, 0.2) is 12.2 Å². The Hall–Kier alpha value is 0.350. The maximum atomic E-state index is 5.31. The van der Waals surface area contributed by atoms with Crippen LogP contribution in [0.1, 0.15) is 6.92 Å². The normalized spacial score (nSPS) is 11.5. The van der Waals surface area contributed by atoms with Crippen molar-refractivity contribution in [3.05, 3.63) is 12.2 Å². The van der Waals surface area contributed by atoms with Gasteiger partial charge in [-0.05, 0) is 12.5 Å².